The van der Waals surface area contributed by atoms with Crippen LogP contribution in [0.3, 0.4) is 0 Å². The van der Waals surface area contributed by atoms with Crippen molar-refractivity contribution in [2.75, 3.05) is 6.61 Å². The van der Waals surface area contributed by atoms with E-state index in [1.54, 1.807) is 12.1 Å². The smallest absolute Gasteiger partial charge is 0.269 e. The van der Waals surface area contributed by atoms with Crippen LogP contribution < -0.4 is 0 Å². The molecule has 0 bridgehead atoms. The first-order valence-corrected chi connectivity index (χ1v) is 6.49. The van der Waals surface area contributed by atoms with Crippen molar-refractivity contribution in [2.45, 2.75) is 24.2 Å². The van der Waals surface area contributed by atoms with Crippen LogP contribution in [0.2, 0.25) is 0 Å². The van der Waals surface area contributed by atoms with Gasteiger partial charge >= 0.3 is 0 Å². The Morgan fingerprint density at radius 2 is 2.17 bits per heavy atom. The van der Waals surface area contributed by atoms with Crippen LogP contribution in [-0.2, 0) is 4.74 Å². The Balaban J connectivity index is 2.07. The second-order valence-electron chi connectivity index (χ2n) is 4.06. The third-order valence-electron chi connectivity index (χ3n) is 2.93. The zero-order valence-corrected chi connectivity index (χ0v) is 10.4. The molecule has 1 heterocycles. The summed E-state index contributed by atoms with van der Waals surface area (Å²) in [5, 5.41) is 21.6. The van der Waals surface area contributed by atoms with E-state index in [2.05, 4.69) is 5.40 Å². The molecule has 0 aromatic heterocycles. The van der Waals surface area contributed by atoms with Crippen LogP contribution in [0.5, 0.6) is 0 Å². The number of rotatable bonds is 3. The molecule has 94 valence electrons. The molecule has 0 saturated carbocycles. The Kier molecular flexibility index (Phi) is 4.18. The van der Waals surface area contributed by atoms with Crippen LogP contribution in [0, 0.1) is 20.8 Å². The largest absolute Gasteiger partial charge is 0.373 e. The van der Waals surface area contributed by atoms with Gasteiger partial charge in [-0.25, -0.2) is 0 Å². The molecule has 18 heavy (non-hydrogen) atoms. The molecule has 1 saturated heterocycles. The fourth-order valence-corrected chi connectivity index (χ4v) is 2.63. The summed E-state index contributed by atoms with van der Waals surface area (Å²) in [4.78, 5) is 10.1. The van der Waals surface area contributed by atoms with Gasteiger partial charge < -0.3 is 4.74 Å². The van der Waals surface area contributed by atoms with Crippen LogP contribution in [0.25, 0.3) is 0 Å². The molecule has 0 amide bonds. The van der Waals surface area contributed by atoms with Crippen molar-refractivity contribution in [3.63, 3.8) is 0 Å². The minimum Gasteiger partial charge on any atom is -0.373 e. The second kappa shape index (κ2) is 5.85. The molecule has 1 fully saturated rings. The molecule has 2 rings (SSSR count). The number of nitro benzene ring substituents is 1. The van der Waals surface area contributed by atoms with Gasteiger partial charge in [0.15, 0.2) is 0 Å². The maximum Gasteiger partial charge on any atom is 0.269 e. The number of nitriles is 1. The third-order valence-corrected chi connectivity index (χ3v) is 3.80. The van der Waals surface area contributed by atoms with Crippen LogP contribution in [0.1, 0.15) is 24.5 Å². The van der Waals surface area contributed by atoms with E-state index in [0.717, 1.165) is 18.4 Å². The van der Waals surface area contributed by atoms with Crippen molar-refractivity contribution in [2.24, 2.45) is 0 Å². The molecule has 0 aliphatic carbocycles. The number of ether oxygens (including phenoxy) is 1. The van der Waals surface area contributed by atoms with Crippen LogP contribution in [-0.4, -0.2) is 16.8 Å². The number of nitro groups is 1. The highest BCUT2D eigenvalue weighted by atomic mass is 32.2. The molecule has 0 unspecified atom stereocenters. The highest BCUT2D eigenvalue weighted by Gasteiger charge is 2.24. The summed E-state index contributed by atoms with van der Waals surface area (Å²) < 4.78 is 5.65. The summed E-state index contributed by atoms with van der Waals surface area (Å²) in [6.07, 6.45) is 1.59. The van der Waals surface area contributed by atoms with E-state index in [9.17, 15) is 10.1 Å². The van der Waals surface area contributed by atoms with E-state index >= 15 is 0 Å². The van der Waals surface area contributed by atoms with E-state index < -0.39 is 4.92 Å². The number of benzene rings is 1. The Morgan fingerprint density at radius 1 is 1.44 bits per heavy atom. The molecule has 0 spiro atoms. The maximum atomic E-state index is 10.6. The number of hydrogen-bond acceptors (Lipinski definition) is 5. The predicted molar refractivity (Wildman–Crippen MR) is 68.0 cm³/mol. The minimum atomic E-state index is -0.417. The quantitative estimate of drug-likeness (QED) is 0.476. The van der Waals surface area contributed by atoms with Gasteiger partial charge in [-0.3, -0.25) is 10.1 Å². The van der Waals surface area contributed by atoms with E-state index in [1.165, 1.54) is 23.9 Å². The molecular weight excluding hydrogens is 252 g/mol. The molecule has 1 aliphatic rings. The Labute approximate surface area is 109 Å². The molecule has 5 nitrogen and oxygen atoms in total. The van der Waals surface area contributed by atoms with Crippen LogP contribution >= 0.6 is 11.8 Å². The Morgan fingerprint density at radius 3 is 2.78 bits per heavy atom. The molecule has 0 radical (unpaired) electrons. The van der Waals surface area contributed by atoms with Crippen molar-refractivity contribution in [3.05, 3.63) is 39.9 Å². The van der Waals surface area contributed by atoms with E-state index in [-0.39, 0.29) is 17.0 Å². The fourth-order valence-electron chi connectivity index (χ4n) is 1.99. The van der Waals surface area contributed by atoms with Crippen LogP contribution in [0.4, 0.5) is 5.69 Å². The number of thioether (sulfide) groups is 1. The number of nitrogens with zero attached hydrogens (tertiary/aromatic N) is 2. The van der Waals surface area contributed by atoms with Gasteiger partial charge in [0.2, 0.25) is 0 Å². The van der Waals surface area contributed by atoms with Crippen molar-refractivity contribution >= 4 is 17.4 Å². The summed E-state index contributed by atoms with van der Waals surface area (Å²) in [6.45, 7) is 0.626. The monoisotopic (exact) mass is 264 g/mol. The van der Waals surface area contributed by atoms with Gasteiger partial charge in [0.05, 0.1) is 11.0 Å². The van der Waals surface area contributed by atoms with E-state index in [0.29, 0.717) is 6.61 Å². The molecule has 1 aromatic rings. The minimum absolute atomic E-state index is 0.0644. The van der Waals surface area contributed by atoms with E-state index in [4.69, 9.17) is 10.00 Å². The molecular formula is C12H12N2O3S. The third kappa shape index (κ3) is 3.00. The summed E-state index contributed by atoms with van der Waals surface area (Å²) >= 11 is 1.28. The first kappa shape index (κ1) is 12.9. The van der Waals surface area contributed by atoms with Gasteiger partial charge in [0.25, 0.3) is 5.69 Å². The number of hydrogen-bond donors (Lipinski definition) is 0. The number of non-ortho nitro benzene ring substituents is 1. The van der Waals surface area contributed by atoms with Crippen molar-refractivity contribution in [1.82, 2.24) is 0 Å². The molecule has 0 N–H and O–H groups in total. The number of thiocyanates is 1. The highest BCUT2D eigenvalue weighted by Crippen LogP contribution is 2.34. The summed E-state index contributed by atoms with van der Waals surface area (Å²) in [5.41, 5.74) is 1.02. The molecule has 2 atom stereocenters. The average molecular weight is 264 g/mol. The fraction of sp³-hybridized carbons (Fsp3) is 0.417. The highest BCUT2D eigenvalue weighted by molar-refractivity contribution is 8.04. The second-order valence-corrected chi connectivity index (χ2v) is 5.15. The SMILES string of the molecule is N#CS[C@H]1CCO[C@@H](c2ccc([N+](=O)[O-])cc2)C1. The molecule has 1 aliphatic heterocycles. The topological polar surface area (TPSA) is 76.2 Å². The van der Waals surface area contributed by atoms with Gasteiger partial charge in [-0.05, 0) is 42.3 Å². The lowest BCUT2D eigenvalue weighted by molar-refractivity contribution is -0.384. The standard InChI is InChI=1S/C12H12N2O3S/c13-8-18-11-5-6-17-12(7-11)9-1-3-10(4-2-9)14(15)16/h1-4,11-12H,5-7H2/t11-,12+/m0/s1. The zero-order chi connectivity index (χ0) is 13.0. The normalized spacial score (nSPS) is 23.3. The maximum absolute atomic E-state index is 10.6. The first-order chi connectivity index (χ1) is 8.70. The molecule has 6 heteroatoms. The summed E-state index contributed by atoms with van der Waals surface area (Å²) in [6, 6.07) is 6.42. The van der Waals surface area contributed by atoms with Gasteiger partial charge in [-0.2, -0.15) is 5.26 Å². The first-order valence-electron chi connectivity index (χ1n) is 5.61. The zero-order valence-electron chi connectivity index (χ0n) is 9.61. The lowest BCUT2D eigenvalue weighted by Crippen LogP contribution is -2.21. The van der Waals surface area contributed by atoms with Crippen molar-refractivity contribution in [3.8, 4) is 5.40 Å². The van der Waals surface area contributed by atoms with Crippen molar-refractivity contribution < 1.29 is 9.66 Å². The summed E-state index contributed by atoms with van der Waals surface area (Å²) in [7, 11) is 0. The van der Waals surface area contributed by atoms with Crippen molar-refractivity contribution in [1.29, 1.82) is 5.26 Å². The van der Waals surface area contributed by atoms with E-state index in [1.807, 2.05) is 0 Å². The van der Waals surface area contributed by atoms with Gasteiger partial charge in [-0.1, -0.05) is 0 Å². The Bertz CT molecular complexity index is 469. The lowest BCUT2D eigenvalue weighted by Gasteiger charge is -2.27. The summed E-state index contributed by atoms with van der Waals surface area (Å²) in [5.74, 6) is 0. The predicted octanol–water partition coefficient (Wildman–Crippen LogP) is 3.03. The molecule has 1 aromatic carbocycles. The van der Waals surface area contributed by atoms with Gasteiger partial charge in [0, 0.05) is 24.0 Å². The van der Waals surface area contributed by atoms with Crippen LogP contribution in [0.15, 0.2) is 24.3 Å². The average Bonchev–Trinajstić information content (AvgIpc) is 2.39. The van der Waals surface area contributed by atoms with Gasteiger partial charge in [0.1, 0.15) is 5.40 Å². The lowest BCUT2D eigenvalue weighted by atomic mass is 10.0. The Hall–Kier alpha value is -1.58. The van der Waals surface area contributed by atoms with Gasteiger partial charge in [-0.15, -0.1) is 0 Å².